The summed E-state index contributed by atoms with van der Waals surface area (Å²) in [4.78, 5) is 28.8. The first-order valence-electron chi connectivity index (χ1n) is 9.48. The average molecular weight is 359 g/mol. The van der Waals surface area contributed by atoms with Crippen molar-refractivity contribution in [3.63, 3.8) is 0 Å². The Morgan fingerprint density at radius 2 is 1.73 bits per heavy atom. The highest BCUT2D eigenvalue weighted by atomic mass is 16.5. The molecule has 6 nitrogen and oxygen atoms in total. The molecule has 6 heteroatoms. The number of hydrogen-bond acceptors (Lipinski definition) is 4. The molecule has 1 atom stereocenters. The summed E-state index contributed by atoms with van der Waals surface area (Å²) >= 11 is 0. The van der Waals surface area contributed by atoms with E-state index in [9.17, 15) is 9.59 Å². The van der Waals surface area contributed by atoms with Crippen LogP contribution >= 0.6 is 0 Å². The van der Waals surface area contributed by atoms with Crippen LogP contribution in [0.2, 0.25) is 0 Å². The molecular weight excluding hydrogens is 330 g/mol. The fourth-order valence-corrected chi connectivity index (χ4v) is 3.53. The Morgan fingerprint density at radius 3 is 2.27 bits per heavy atom. The number of aryl methyl sites for hydroxylation is 1. The molecule has 2 aliphatic rings. The van der Waals surface area contributed by atoms with Gasteiger partial charge in [-0.15, -0.1) is 0 Å². The number of hydrogen-bond donors (Lipinski definition) is 1. The summed E-state index contributed by atoms with van der Waals surface area (Å²) < 4.78 is 5.15. The lowest BCUT2D eigenvalue weighted by molar-refractivity contribution is -0.143. The Morgan fingerprint density at radius 1 is 1.12 bits per heavy atom. The van der Waals surface area contributed by atoms with Crippen LogP contribution in [-0.4, -0.2) is 68.0 Å². The summed E-state index contributed by atoms with van der Waals surface area (Å²) in [5, 5.41) is 3.23. The maximum Gasteiger partial charge on any atom is 0.225 e. The highest BCUT2D eigenvalue weighted by Gasteiger charge is 2.33. The largest absolute Gasteiger partial charge is 0.497 e. The van der Waals surface area contributed by atoms with Gasteiger partial charge in [-0.2, -0.15) is 0 Å². The van der Waals surface area contributed by atoms with Crippen molar-refractivity contribution in [2.75, 3.05) is 46.4 Å². The number of nitrogens with one attached hydrogen (secondary N) is 1. The molecule has 26 heavy (non-hydrogen) atoms. The van der Waals surface area contributed by atoms with E-state index in [1.54, 1.807) is 7.11 Å². The van der Waals surface area contributed by atoms with Crippen molar-refractivity contribution in [3.8, 4) is 5.75 Å². The first-order valence-corrected chi connectivity index (χ1v) is 9.48. The van der Waals surface area contributed by atoms with Crippen molar-refractivity contribution < 1.29 is 14.3 Å². The number of carbonyl (C=O) groups excluding carboxylic acids is 2. The molecule has 0 spiro atoms. The zero-order valence-electron chi connectivity index (χ0n) is 15.7. The molecule has 1 N–H and O–H groups in total. The minimum atomic E-state index is 0.0774. The lowest BCUT2D eigenvalue weighted by Gasteiger charge is -2.39. The van der Waals surface area contributed by atoms with Crippen molar-refractivity contribution >= 4 is 11.8 Å². The topological polar surface area (TPSA) is 61.9 Å². The van der Waals surface area contributed by atoms with Crippen LogP contribution < -0.4 is 10.1 Å². The summed E-state index contributed by atoms with van der Waals surface area (Å²) in [6, 6.07) is 7.84. The quantitative estimate of drug-likeness (QED) is 0.828. The van der Waals surface area contributed by atoms with Gasteiger partial charge in [-0.25, -0.2) is 0 Å². The maximum absolute atomic E-state index is 12.6. The van der Waals surface area contributed by atoms with Crippen LogP contribution in [-0.2, 0) is 16.0 Å². The molecule has 1 aromatic rings. The van der Waals surface area contributed by atoms with Gasteiger partial charge in [0.2, 0.25) is 11.8 Å². The molecular formula is C20H29N3O3. The van der Waals surface area contributed by atoms with Gasteiger partial charge in [0.05, 0.1) is 7.11 Å². The van der Waals surface area contributed by atoms with Crippen molar-refractivity contribution in [3.05, 3.63) is 29.8 Å². The van der Waals surface area contributed by atoms with Gasteiger partial charge >= 0.3 is 0 Å². The van der Waals surface area contributed by atoms with Crippen LogP contribution in [0.5, 0.6) is 5.75 Å². The van der Waals surface area contributed by atoms with Gasteiger partial charge in [-0.1, -0.05) is 19.1 Å². The minimum Gasteiger partial charge on any atom is -0.497 e. The van der Waals surface area contributed by atoms with Gasteiger partial charge < -0.3 is 19.9 Å². The zero-order valence-corrected chi connectivity index (χ0v) is 15.7. The van der Waals surface area contributed by atoms with Crippen LogP contribution in [0.3, 0.4) is 0 Å². The Labute approximate surface area is 155 Å². The average Bonchev–Trinajstić information content (AvgIpc) is 2.64. The number of benzene rings is 1. The predicted molar refractivity (Wildman–Crippen MR) is 100.0 cm³/mol. The van der Waals surface area contributed by atoms with Gasteiger partial charge in [-0.3, -0.25) is 9.59 Å². The van der Waals surface area contributed by atoms with E-state index in [4.69, 9.17) is 4.74 Å². The summed E-state index contributed by atoms with van der Waals surface area (Å²) in [6.45, 7) is 6.49. The number of rotatable bonds is 6. The van der Waals surface area contributed by atoms with Gasteiger partial charge in [0, 0.05) is 38.5 Å². The van der Waals surface area contributed by atoms with Crippen molar-refractivity contribution in [2.45, 2.75) is 19.8 Å². The minimum absolute atomic E-state index is 0.0774. The van der Waals surface area contributed by atoms with Crippen LogP contribution in [0.1, 0.15) is 18.9 Å². The number of nitrogens with zero attached hydrogens (tertiary/aromatic N) is 2. The van der Waals surface area contributed by atoms with E-state index in [0.717, 1.165) is 30.8 Å². The van der Waals surface area contributed by atoms with Gasteiger partial charge in [0.1, 0.15) is 5.75 Å². The van der Waals surface area contributed by atoms with E-state index in [1.165, 1.54) is 0 Å². The Balaban J connectivity index is 1.42. The first kappa shape index (κ1) is 18.7. The Bertz CT molecular complexity index is 620. The van der Waals surface area contributed by atoms with Gasteiger partial charge in [-0.05, 0) is 43.1 Å². The lowest BCUT2D eigenvalue weighted by Crippen LogP contribution is -2.55. The second-order valence-electron chi connectivity index (χ2n) is 7.26. The van der Waals surface area contributed by atoms with E-state index in [1.807, 2.05) is 41.0 Å². The summed E-state index contributed by atoms with van der Waals surface area (Å²) in [5.41, 5.74) is 1.14. The Kier molecular flexibility index (Phi) is 6.14. The van der Waals surface area contributed by atoms with Crippen LogP contribution in [0.4, 0.5) is 0 Å². The van der Waals surface area contributed by atoms with E-state index >= 15 is 0 Å². The molecule has 0 aliphatic carbocycles. The van der Waals surface area contributed by atoms with E-state index in [-0.39, 0.29) is 17.7 Å². The molecule has 3 rings (SSSR count). The van der Waals surface area contributed by atoms with Crippen molar-refractivity contribution in [1.29, 1.82) is 0 Å². The molecule has 1 unspecified atom stereocenters. The summed E-state index contributed by atoms with van der Waals surface area (Å²) in [6.07, 6.45) is 1.23. The molecule has 2 fully saturated rings. The highest BCUT2D eigenvalue weighted by molar-refractivity contribution is 5.80. The van der Waals surface area contributed by atoms with E-state index in [0.29, 0.717) is 38.5 Å². The van der Waals surface area contributed by atoms with E-state index in [2.05, 4.69) is 5.32 Å². The van der Waals surface area contributed by atoms with Gasteiger partial charge in [0.25, 0.3) is 0 Å². The number of amides is 2. The molecule has 0 radical (unpaired) electrons. The van der Waals surface area contributed by atoms with Crippen LogP contribution in [0.15, 0.2) is 24.3 Å². The second kappa shape index (κ2) is 8.54. The van der Waals surface area contributed by atoms with Crippen LogP contribution in [0.25, 0.3) is 0 Å². The normalized spacial score (nSPS) is 19.0. The SMILES string of the molecule is COc1ccc(CCC(=O)N2CCN(C(=O)C(C)C3CNC3)CC2)cc1. The summed E-state index contributed by atoms with van der Waals surface area (Å²) in [5.74, 6) is 1.78. The van der Waals surface area contributed by atoms with Gasteiger partial charge in [0.15, 0.2) is 0 Å². The molecule has 1 aromatic carbocycles. The zero-order chi connectivity index (χ0) is 18.5. The fourth-order valence-electron chi connectivity index (χ4n) is 3.53. The number of piperazine rings is 1. The molecule has 0 saturated carbocycles. The smallest absolute Gasteiger partial charge is 0.225 e. The van der Waals surface area contributed by atoms with Crippen molar-refractivity contribution in [1.82, 2.24) is 15.1 Å². The third-order valence-electron chi connectivity index (χ3n) is 5.64. The molecule has 2 saturated heterocycles. The third kappa shape index (κ3) is 4.36. The molecule has 2 aliphatic heterocycles. The lowest BCUT2D eigenvalue weighted by atomic mass is 9.88. The molecule has 0 aromatic heterocycles. The third-order valence-corrected chi connectivity index (χ3v) is 5.64. The number of carbonyl (C=O) groups is 2. The predicted octanol–water partition coefficient (Wildman–Crippen LogP) is 1.15. The highest BCUT2D eigenvalue weighted by Crippen LogP contribution is 2.20. The van der Waals surface area contributed by atoms with Crippen molar-refractivity contribution in [2.24, 2.45) is 11.8 Å². The number of methoxy groups -OCH3 is 1. The van der Waals surface area contributed by atoms with Crippen LogP contribution in [0, 0.1) is 11.8 Å². The molecule has 0 bridgehead atoms. The number of ether oxygens (including phenoxy) is 1. The Hall–Kier alpha value is -2.08. The first-order chi connectivity index (χ1) is 12.6. The monoisotopic (exact) mass is 359 g/mol. The standard InChI is InChI=1S/C20H29N3O3/c1-15(17-13-21-14-17)20(25)23-11-9-22(10-12-23)19(24)8-5-16-3-6-18(26-2)7-4-16/h3-4,6-7,15,17,21H,5,8-14H2,1-2H3. The molecule has 2 heterocycles. The molecule has 142 valence electrons. The fraction of sp³-hybridized carbons (Fsp3) is 0.600. The second-order valence-corrected chi connectivity index (χ2v) is 7.26. The summed E-state index contributed by atoms with van der Waals surface area (Å²) in [7, 11) is 1.65. The maximum atomic E-state index is 12.6. The molecule has 2 amide bonds. The van der Waals surface area contributed by atoms with E-state index < -0.39 is 0 Å².